The van der Waals surface area contributed by atoms with Crippen LogP contribution in [0.4, 0.5) is 5.69 Å². The lowest BCUT2D eigenvalue weighted by atomic mass is 10.0. The van der Waals surface area contributed by atoms with E-state index >= 15 is 0 Å². The number of nitrogens with zero attached hydrogens (tertiary/aromatic N) is 4. The predicted octanol–water partition coefficient (Wildman–Crippen LogP) is 5.15. The Bertz CT molecular complexity index is 1240. The molecule has 166 valence electrons. The zero-order chi connectivity index (χ0) is 22.8. The maximum atomic E-state index is 5.86. The summed E-state index contributed by atoms with van der Waals surface area (Å²) >= 11 is 5.86. The molecule has 1 fully saturated rings. The first-order chi connectivity index (χ1) is 16.2. The summed E-state index contributed by atoms with van der Waals surface area (Å²) in [6.45, 7) is 4.72. The molecule has 1 aromatic carbocycles. The van der Waals surface area contributed by atoms with Crippen molar-refractivity contribution >= 4 is 23.0 Å². The van der Waals surface area contributed by atoms with Crippen LogP contribution in [0, 0.1) is 6.92 Å². The lowest BCUT2D eigenvalue weighted by Gasteiger charge is -2.29. The topological polar surface area (TPSA) is 55.2 Å². The van der Waals surface area contributed by atoms with Gasteiger partial charge in [0.1, 0.15) is 11.8 Å². The minimum absolute atomic E-state index is 0.112. The van der Waals surface area contributed by atoms with E-state index in [1.165, 1.54) is 0 Å². The summed E-state index contributed by atoms with van der Waals surface area (Å²) < 4.78 is 7.89. The Kier molecular flexibility index (Phi) is 5.79. The molecule has 1 aliphatic rings. The number of hydrogen-bond acceptors (Lipinski definition) is 4. The molecule has 0 radical (unpaired) electrons. The Morgan fingerprint density at radius 3 is 2.52 bits per heavy atom. The van der Waals surface area contributed by atoms with Crippen LogP contribution in [0.15, 0.2) is 85.3 Å². The number of thiocarbonyl (C=S) groups is 1. The Labute approximate surface area is 198 Å². The van der Waals surface area contributed by atoms with Crippen LogP contribution >= 0.6 is 12.2 Å². The van der Waals surface area contributed by atoms with Crippen molar-refractivity contribution < 1.29 is 4.74 Å². The molecule has 4 heterocycles. The Morgan fingerprint density at radius 1 is 0.970 bits per heavy atom. The normalized spacial score (nSPS) is 17.8. The third kappa shape index (κ3) is 3.96. The zero-order valence-electron chi connectivity index (χ0n) is 18.6. The van der Waals surface area contributed by atoms with E-state index in [1.807, 2.05) is 55.7 Å². The van der Waals surface area contributed by atoms with Crippen molar-refractivity contribution in [2.75, 3.05) is 11.5 Å². The second-order valence-corrected chi connectivity index (χ2v) is 8.26. The minimum Gasteiger partial charge on any atom is -0.494 e. The molecule has 6 nitrogen and oxygen atoms in total. The van der Waals surface area contributed by atoms with Crippen molar-refractivity contribution in [3.8, 4) is 11.4 Å². The van der Waals surface area contributed by atoms with Gasteiger partial charge in [0, 0.05) is 29.5 Å². The van der Waals surface area contributed by atoms with Gasteiger partial charge in [0.15, 0.2) is 5.11 Å². The fourth-order valence-electron chi connectivity index (χ4n) is 4.43. The van der Waals surface area contributed by atoms with E-state index in [1.54, 1.807) is 6.20 Å². The molecule has 33 heavy (non-hydrogen) atoms. The fraction of sp³-hybridized carbons (Fsp3) is 0.192. The monoisotopic (exact) mass is 455 g/mol. The Hall–Kier alpha value is -3.71. The van der Waals surface area contributed by atoms with Gasteiger partial charge >= 0.3 is 0 Å². The molecule has 0 unspecified atom stereocenters. The summed E-state index contributed by atoms with van der Waals surface area (Å²) in [4.78, 5) is 11.2. The minimum atomic E-state index is -0.116. The van der Waals surface area contributed by atoms with Gasteiger partial charge in [0.05, 0.1) is 30.2 Å². The van der Waals surface area contributed by atoms with Gasteiger partial charge in [-0.05, 0) is 86.7 Å². The SMILES string of the molecule is CCOc1ccc(N2C(=S)N[C@H](c3ccccn3)[C@H]2c2ccc(C)n2-c2cccnc2)cc1. The molecule has 1 saturated heterocycles. The van der Waals surface area contributed by atoms with Crippen LogP contribution in [0.2, 0.25) is 0 Å². The first-order valence-electron chi connectivity index (χ1n) is 11.0. The summed E-state index contributed by atoms with van der Waals surface area (Å²) in [6.07, 6.45) is 5.49. The van der Waals surface area contributed by atoms with Crippen molar-refractivity contribution in [1.29, 1.82) is 0 Å². The largest absolute Gasteiger partial charge is 0.494 e. The number of aryl methyl sites for hydroxylation is 1. The summed E-state index contributed by atoms with van der Waals surface area (Å²) in [7, 11) is 0. The van der Waals surface area contributed by atoms with Crippen LogP contribution in [-0.2, 0) is 0 Å². The van der Waals surface area contributed by atoms with Gasteiger partial charge in [-0.1, -0.05) is 6.07 Å². The van der Waals surface area contributed by atoms with Gasteiger partial charge < -0.3 is 19.5 Å². The molecule has 3 aromatic heterocycles. The van der Waals surface area contributed by atoms with Gasteiger partial charge in [0.2, 0.25) is 0 Å². The molecular weight excluding hydrogens is 430 g/mol. The van der Waals surface area contributed by atoms with E-state index in [-0.39, 0.29) is 12.1 Å². The second kappa shape index (κ2) is 9.03. The maximum Gasteiger partial charge on any atom is 0.174 e. The van der Waals surface area contributed by atoms with Crippen LogP contribution in [0.1, 0.15) is 36.1 Å². The average Bonchev–Trinajstić information content (AvgIpc) is 3.40. The molecule has 2 atom stereocenters. The van der Waals surface area contributed by atoms with Crippen molar-refractivity contribution in [3.63, 3.8) is 0 Å². The number of pyridine rings is 2. The summed E-state index contributed by atoms with van der Waals surface area (Å²) in [5.74, 6) is 0.840. The summed E-state index contributed by atoms with van der Waals surface area (Å²) in [5.41, 5.74) is 5.18. The number of nitrogens with one attached hydrogen (secondary N) is 1. The number of rotatable bonds is 6. The summed E-state index contributed by atoms with van der Waals surface area (Å²) in [6, 6.07) is 22.2. The maximum absolute atomic E-state index is 5.86. The van der Waals surface area contributed by atoms with Gasteiger partial charge in [-0.15, -0.1) is 0 Å². The quantitative estimate of drug-likeness (QED) is 0.406. The highest BCUT2D eigenvalue weighted by atomic mass is 32.1. The predicted molar refractivity (Wildman–Crippen MR) is 134 cm³/mol. The van der Waals surface area contributed by atoms with E-state index < -0.39 is 0 Å². The molecule has 1 aliphatic heterocycles. The summed E-state index contributed by atoms with van der Waals surface area (Å²) in [5, 5.41) is 4.19. The van der Waals surface area contributed by atoms with E-state index in [4.69, 9.17) is 17.0 Å². The van der Waals surface area contributed by atoms with Crippen LogP contribution in [0.3, 0.4) is 0 Å². The molecule has 0 spiro atoms. The van der Waals surface area contributed by atoms with Gasteiger partial charge in [-0.2, -0.15) is 0 Å². The standard InChI is InChI=1S/C26H25N5OS/c1-3-32-21-12-10-19(11-13-21)31-25(24(29-26(31)33)22-8-4-5-16-28-22)23-14-9-18(2)30(23)20-7-6-15-27-17-20/h4-17,24-25H,3H2,1-2H3,(H,29,33)/t24-,25-/m1/s1. The first-order valence-corrected chi connectivity index (χ1v) is 11.4. The molecule has 0 saturated carbocycles. The zero-order valence-corrected chi connectivity index (χ0v) is 19.4. The van der Waals surface area contributed by atoms with Crippen LogP contribution in [0.25, 0.3) is 5.69 Å². The average molecular weight is 456 g/mol. The lowest BCUT2D eigenvalue weighted by Crippen LogP contribution is -2.30. The highest BCUT2D eigenvalue weighted by Gasteiger charge is 2.42. The van der Waals surface area contributed by atoms with Crippen LogP contribution in [0.5, 0.6) is 5.75 Å². The van der Waals surface area contributed by atoms with Crippen LogP contribution in [-0.4, -0.2) is 26.3 Å². The highest BCUT2D eigenvalue weighted by Crippen LogP contribution is 2.43. The van der Waals surface area contributed by atoms with Crippen LogP contribution < -0.4 is 15.0 Å². The van der Waals surface area contributed by atoms with Crippen molar-refractivity contribution in [2.24, 2.45) is 0 Å². The molecular formula is C26H25N5OS. The van der Waals surface area contributed by atoms with Crippen molar-refractivity contribution in [3.05, 3.63) is 102 Å². The number of aromatic nitrogens is 3. The second-order valence-electron chi connectivity index (χ2n) is 7.87. The van der Waals surface area contributed by atoms with E-state index in [2.05, 4.69) is 62.0 Å². The van der Waals surface area contributed by atoms with E-state index in [0.29, 0.717) is 11.7 Å². The molecule has 0 aliphatic carbocycles. The number of anilines is 1. The number of ether oxygens (including phenoxy) is 1. The molecule has 7 heteroatoms. The fourth-order valence-corrected chi connectivity index (χ4v) is 4.78. The third-order valence-electron chi connectivity index (χ3n) is 5.84. The Balaban J connectivity index is 1.65. The van der Waals surface area contributed by atoms with Crippen molar-refractivity contribution in [2.45, 2.75) is 25.9 Å². The molecule has 0 bridgehead atoms. The first kappa shape index (κ1) is 21.2. The van der Waals surface area contributed by atoms with E-state index in [0.717, 1.165) is 34.2 Å². The molecule has 5 rings (SSSR count). The molecule has 4 aromatic rings. The van der Waals surface area contributed by atoms with Gasteiger partial charge in [-0.3, -0.25) is 9.97 Å². The smallest absolute Gasteiger partial charge is 0.174 e. The van der Waals surface area contributed by atoms with Crippen molar-refractivity contribution in [1.82, 2.24) is 19.9 Å². The van der Waals surface area contributed by atoms with E-state index in [9.17, 15) is 0 Å². The number of hydrogen-bond donors (Lipinski definition) is 1. The molecule has 1 N–H and O–H groups in total. The number of benzene rings is 1. The lowest BCUT2D eigenvalue weighted by molar-refractivity contribution is 0.340. The Morgan fingerprint density at radius 2 is 1.82 bits per heavy atom. The highest BCUT2D eigenvalue weighted by molar-refractivity contribution is 7.80. The third-order valence-corrected chi connectivity index (χ3v) is 6.15. The molecule has 0 amide bonds. The van der Waals surface area contributed by atoms with Gasteiger partial charge in [-0.25, -0.2) is 0 Å². The van der Waals surface area contributed by atoms with Gasteiger partial charge in [0.25, 0.3) is 0 Å².